The van der Waals surface area contributed by atoms with Crippen molar-refractivity contribution in [3.05, 3.63) is 30.2 Å². The van der Waals surface area contributed by atoms with Crippen molar-refractivity contribution in [1.29, 1.82) is 0 Å². The lowest BCUT2D eigenvalue weighted by Gasteiger charge is -1.99. The Hall–Kier alpha value is -1.47. The molecule has 1 aromatic heterocycles. The molecule has 7 heteroatoms. The summed E-state index contributed by atoms with van der Waals surface area (Å²) in [4.78, 5) is 4.53. The van der Waals surface area contributed by atoms with Gasteiger partial charge in [0.25, 0.3) is 0 Å². The summed E-state index contributed by atoms with van der Waals surface area (Å²) in [5, 5.41) is 8.17. The number of nitrogens with zero attached hydrogens (tertiary/aromatic N) is 3. The molecule has 0 fully saturated rings. The van der Waals surface area contributed by atoms with Crippen molar-refractivity contribution < 1.29 is 9.15 Å². The van der Waals surface area contributed by atoms with Gasteiger partial charge in [0.1, 0.15) is 10.1 Å². The van der Waals surface area contributed by atoms with E-state index in [0.717, 1.165) is 21.4 Å². The fourth-order valence-electron chi connectivity index (χ4n) is 1.81. The van der Waals surface area contributed by atoms with Gasteiger partial charge in [-0.15, -0.1) is 10.2 Å². The second-order valence-electron chi connectivity index (χ2n) is 4.57. The Kier molecular flexibility index (Phi) is 4.50. The van der Waals surface area contributed by atoms with E-state index in [1.165, 1.54) is 0 Å². The molecule has 21 heavy (non-hydrogen) atoms. The van der Waals surface area contributed by atoms with Crippen LogP contribution in [0.15, 0.2) is 33.7 Å². The first kappa shape index (κ1) is 14.5. The third-order valence-electron chi connectivity index (χ3n) is 2.90. The molecule has 0 saturated heterocycles. The number of thioether (sulfide) groups is 2. The average Bonchev–Trinajstić information content (AvgIpc) is 3.14. The Labute approximate surface area is 131 Å². The number of rotatable bonds is 4. The maximum absolute atomic E-state index is 5.68. The fourth-order valence-corrected chi connectivity index (χ4v) is 3.86. The molecule has 2 aromatic rings. The van der Waals surface area contributed by atoms with Crippen LogP contribution in [0.4, 0.5) is 0 Å². The summed E-state index contributed by atoms with van der Waals surface area (Å²) in [5.41, 5.74) is 0.890. The van der Waals surface area contributed by atoms with Crippen molar-refractivity contribution >= 4 is 27.9 Å². The molecule has 0 amide bonds. The molecule has 1 aromatic carbocycles. The van der Waals surface area contributed by atoms with Gasteiger partial charge < -0.3 is 9.15 Å². The molecule has 1 aliphatic rings. The van der Waals surface area contributed by atoms with Crippen molar-refractivity contribution in [2.75, 3.05) is 12.9 Å². The van der Waals surface area contributed by atoms with E-state index in [9.17, 15) is 0 Å². The van der Waals surface area contributed by atoms with Gasteiger partial charge in [-0.1, -0.05) is 23.5 Å². The quantitative estimate of drug-likeness (QED) is 0.859. The first-order valence-electron chi connectivity index (χ1n) is 6.55. The maximum atomic E-state index is 5.68. The van der Waals surface area contributed by atoms with E-state index < -0.39 is 0 Å². The molecule has 0 spiro atoms. The minimum Gasteiger partial charge on any atom is -0.497 e. The number of methoxy groups -OCH3 is 1. The van der Waals surface area contributed by atoms with Gasteiger partial charge in [0.05, 0.1) is 18.9 Å². The molecule has 0 bridgehead atoms. The Bertz CT molecular complexity index is 640. The molecule has 1 aliphatic heterocycles. The largest absolute Gasteiger partial charge is 0.497 e. The highest BCUT2D eigenvalue weighted by molar-refractivity contribution is 8.38. The minimum atomic E-state index is 0.412. The van der Waals surface area contributed by atoms with Crippen molar-refractivity contribution in [1.82, 2.24) is 10.2 Å². The van der Waals surface area contributed by atoms with Crippen LogP contribution in [0.3, 0.4) is 0 Å². The molecule has 0 radical (unpaired) electrons. The van der Waals surface area contributed by atoms with Crippen LogP contribution in [0.5, 0.6) is 5.75 Å². The van der Waals surface area contributed by atoms with E-state index in [0.29, 0.717) is 23.6 Å². The molecule has 0 saturated carbocycles. The van der Waals surface area contributed by atoms with Crippen molar-refractivity contribution in [3.8, 4) is 17.2 Å². The number of hydrogen-bond donors (Lipinski definition) is 0. The lowest BCUT2D eigenvalue weighted by Crippen LogP contribution is -1.92. The first-order chi connectivity index (χ1) is 10.2. The van der Waals surface area contributed by atoms with Crippen LogP contribution in [-0.4, -0.2) is 33.5 Å². The Balaban J connectivity index is 1.64. The number of aromatic nitrogens is 2. The van der Waals surface area contributed by atoms with E-state index in [-0.39, 0.29) is 0 Å². The van der Waals surface area contributed by atoms with Crippen LogP contribution in [0, 0.1) is 0 Å². The smallest absolute Gasteiger partial charge is 0.247 e. The lowest BCUT2D eigenvalue weighted by molar-refractivity contribution is 0.415. The van der Waals surface area contributed by atoms with Gasteiger partial charge in [-0.25, -0.2) is 0 Å². The van der Waals surface area contributed by atoms with Gasteiger partial charge in [-0.3, -0.25) is 4.99 Å². The zero-order valence-electron chi connectivity index (χ0n) is 11.8. The van der Waals surface area contributed by atoms with Crippen LogP contribution in [0.25, 0.3) is 11.5 Å². The van der Waals surface area contributed by atoms with Crippen molar-refractivity contribution in [3.63, 3.8) is 0 Å². The normalized spacial score (nSPS) is 17.8. The van der Waals surface area contributed by atoms with Gasteiger partial charge in [-0.2, -0.15) is 0 Å². The molecule has 2 heterocycles. The Morgan fingerprint density at radius 1 is 1.33 bits per heavy atom. The van der Waals surface area contributed by atoms with Gasteiger partial charge in [0.2, 0.25) is 11.8 Å². The molecule has 0 unspecified atom stereocenters. The molecule has 0 aliphatic carbocycles. The lowest BCUT2D eigenvalue weighted by atomic mass is 10.2. The van der Waals surface area contributed by atoms with Crippen molar-refractivity contribution in [2.45, 2.75) is 18.7 Å². The van der Waals surface area contributed by atoms with Crippen LogP contribution < -0.4 is 4.74 Å². The van der Waals surface area contributed by atoms with Crippen LogP contribution in [0.1, 0.15) is 12.8 Å². The Morgan fingerprint density at radius 2 is 2.14 bits per heavy atom. The zero-order chi connectivity index (χ0) is 14.7. The predicted molar refractivity (Wildman–Crippen MR) is 86.9 cm³/mol. The summed E-state index contributed by atoms with van der Waals surface area (Å²) >= 11 is 3.44. The van der Waals surface area contributed by atoms with Crippen LogP contribution in [0.2, 0.25) is 0 Å². The predicted octanol–water partition coefficient (Wildman–Crippen LogP) is 3.47. The number of hydrogen-bond acceptors (Lipinski definition) is 7. The molecule has 0 N–H and O–H groups in total. The molecular weight excluding hydrogens is 306 g/mol. The maximum Gasteiger partial charge on any atom is 0.247 e. The van der Waals surface area contributed by atoms with Crippen molar-refractivity contribution in [2.24, 2.45) is 4.99 Å². The molecule has 1 atom stereocenters. The average molecular weight is 321 g/mol. The van der Waals surface area contributed by atoms with E-state index in [1.54, 1.807) is 30.6 Å². The third-order valence-corrected chi connectivity index (χ3v) is 5.35. The van der Waals surface area contributed by atoms with Gasteiger partial charge in [0, 0.05) is 11.3 Å². The summed E-state index contributed by atoms with van der Waals surface area (Å²) in [7, 11) is 1.64. The Morgan fingerprint density at radius 3 is 2.81 bits per heavy atom. The van der Waals surface area contributed by atoms with E-state index in [1.807, 2.05) is 24.3 Å². The van der Waals surface area contributed by atoms with E-state index >= 15 is 0 Å². The van der Waals surface area contributed by atoms with Gasteiger partial charge >= 0.3 is 0 Å². The highest BCUT2D eigenvalue weighted by atomic mass is 32.2. The summed E-state index contributed by atoms with van der Waals surface area (Å²) < 4.78 is 11.9. The molecule has 5 nitrogen and oxygen atoms in total. The first-order valence-corrected chi connectivity index (χ1v) is 8.52. The summed E-state index contributed by atoms with van der Waals surface area (Å²) in [5.74, 6) is 3.67. The second-order valence-corrected chi connectivity index (χ2v) is 6.80. The summed E-state index contributed by atoms with van der Waals surface area (Å²) in [6.45, 7) is 2.12. The minimum absolute atomic E-state index is 0.412. The topological polar surface area (TPSA) is 60.5 Å². The standard InChI is InChI=1S/C14H15N3O2S2/c1-9-7-20-14(15-9)21-8-12-16-17-13(19-12)10-3-5-11(18-2)6-4-10/h3-6,9H,7-8H2,1-2H3/t9-/m1/s1. The number of ether oxygens (including phenoxy) is 1. The van der Waals surface area contributed by atoms with Crippen LogP contribution >= 0.6 is 23.5 Å². The number of aliphatic imine (C=N–C) groups is 1. The van der Waals surface area contributed by atoms with Gasteiger partial charge in [0.15, 0.2) is 0 Å². The molecule has 110 valence electrons. The monoisotopic (exact) mass is 321 g/mol. The number of benzene rings is 1. The van der Waals surface area contributed by atoms with Crippen LogP contribution in [-0.2, 0) is 5.75 Å². The molecular formula is C14H15N3O2S2. The summed E-state index contributed by atoms with van der Waals surface area (Å²) in [6, 6.07) is 7.97. The SMILES string of the molecule is COc1ccc(-c2nnc(CSC3=N[C@H](C)CS3)o2)cc1. The second kappa shape index (κ2) is 6.53. The summed E-state index contributed by atoms with van der Waals surface area (Å²) in [6.07, 6.45) is 0. The highest BCUT2D eigenvalue weighted by Crippen LogP contribution is 2.29. The molecule has 3 rings (SSSR count). The highest BCUT2D eigenvalue weighted by Gasteiger charge is 2.16. The van der Waals surface area contributed by atoms with Gasteiger partial charge in [-0.05, 0) is 31.2 Å². The zero-order valence-corrected chi connectivity index (χ0v) is 13.4. The third kappa shape index (κ3) is 3.59. The van der Waals surface area contributed by atoms with E-state index in [4.69, 9.17) is 9.15 Å². The van der Waals surface area contributed by atoms with E-state index in [2.05, 4.69) is 22.1 Å². The fraction of sp³-hybridized carbons (Fsp3) is 0.357.